The second kappa shape index (κ2) is 9.50. The number of carbonyl (C=O) groups is 2. The molecular weight excluding hydrogens is 418 g/mol. The molecular formula is C22H21N3O5S. The third-order valence-corrected chi connectivity index (χ3v) is 6.33. The number of amides is 1. The van der Waals surface area contributed by atoms with E-state index in [1.165, 1.54) is 26.4 Å². The monoisotopic (exact) mass is 439 g/mol. The molecule has 160 valence electrons. The van der Waals surface area contributed by atoms with E-state index in [1.54, 1.807) is 36.4 Å². The van der Waals surface area contributed by atoms with Gasteiger partial charge < -0.3 is 4.74 Å². The van der Waals surface area contributed by atoms with Crippen molar-refractivity contribution in [3.63, 3.8) is 0 Å². The molecule has 1 N–H and O–H groups in total. The summed E-state index contributed by atoms with van der Waals surface area (Å²) in [6, 6.07) is 18.7. The van der Waals surface area contributed by atoms with E-state index in [0.717, 1.165) is 15.1 Å². The standard InChI is InChI=1S/C22H21N3O5S/c1-25(31(28,29)20-12-11-17-5-3-4-6-19(17)13-20)15-21(26)24-23-14-16-7-9-18(10-8-16)22(27)30-2/h3-14H,15H2,1-2H3,(H,24,26). The molecule has 0 fully saturated rings. The SMILES string of the molecule is COC(=O)c1ccc(C=NNC(=O)CN(C)S(=O)(=O)c2ccc3ccccc3c2)cc1. The van der Waals surface area contributed by atoms with Crippen LogP contribution in [0.5, 0.6) is 0 Å². The van der Waals surface area contributed by atoms with Crippen LogP contribution in [0.4, 0.5) is 0 Å². The number of nitrogens with one attached hydrogen (secondary N) is 1. The molecule has 0 radical (unpaired) electrons. The lowest BCUT2D eigenvalue weighted by Crippen LogP contribution is -2.36. The third-order valence-electron chi connectivity index (χ3n) is 4.53. The largest absolute Gasteiger partial charge is 0.465 e. The van der Waals surface area contributed by atoms with Gasteiger partial charge >= 0.3 is 5.97 Å². The number of esters is 1. The van der Waals surface area contributed by atoms with E-state index in [1.807, 2.05) is 24.3 Å². The van der Waals surface area contributed by atoms with Gasteiger partial charge in [-0.3, -0.25) is 4.79 Å². The fourth-order valence-corrected chi connectivity index (χ4v) is 4.00. The van der Waals surface area contributed by atoms with Crippen LogP contribution in [0.2, 0.25) is 0 Å². The summed E-state index contributed by atoms with van der Waals surface area (Å²) in [7, 11) is -1.21. The second-order valence-corrected chi connectivity index (χ2v) is 8.72. The number of benzene rings is 3. The van der Waals surface area contributed by atoms with Crippen LogP contribution in [0.1, 0.15) is 15.9 Å². The zero-order valence-electron chi connectivity index (χ0n) is 17.0. The van der Waals surface area contributed by atoms with Crippen LogP contribution in [0.15, 0.2) is 76.7 Å². The summed E-state index contributed by atoms with van der Waals surface area (Å²) in [6.45, 7) is -0.395. The number of hydrogen-bond acceptors (Lipinski definition) is 6. The highest BCUT2D eigenvalue weighted by molar-refractivity contribution is 7.89. The average molecular weight is 439 g/mol. The lowest BCUT2D eigenvalue weighted by atomic mass is 10.1. The van der Waals surface area contributed by atoms with Gasteiger partial charge in [-0.2, -0.15) is 9.41 Å². The Hall–Kier alpha value is -3.56. The quantitative estimate of drug-likeness (QED) is 0.346. The van der Waals surface area contributed by atoms with Crippen molar-refractivity contribution < 1.29 is 22.7 Å². The first kappa shape index (κ1) is 22.1. The summed E-state index contributed by atoms with van der Waals surface area (Å²) in [6.07, 6.45) is 1.39. The van der Waals surface area contributed by atoms with Crippen LogP contribution in [0.3, 0.4) is 0 Å². The number of likely N-dealkylation sites (N-methyl/N-ethyl adjacent to an activating group) is 1. The Bertz CT molecular complexity index is 1240. The first-order valence-corrected chi connectivity index (χ1v) is 10.7. The van der Waals surface area contributed by atoms with E-state index < -0.39 is 28.4 Å². The zero-order valence-corrected chi connectivity index (χ0v) is 17.8. The molecule has 1 amide bonds. The van der Waals surface area contributed by atoms with E-state index >= 15 is 0 Å². The van der Waals surface area contributed by atoms with Crippen molar-refractivity contribution >= 4 is 38.9 Å². The van der Waals surface area contributed by atoms with Gasteiger partial charge in [-0.25, -0.2) is 18.6 Å². The first-order valence-electron chi connectivity index (χ1n) is 9.26. The number of nitrogens with zero attached hydrogens (tertiary/aromatic N) is 2. The Morgan fingerprint density at radius 1 is 1.03 bits per heavy atom. The number of sulfonamides is 1. The van der Waals surface area contributed by atoms with Crippen molar-refractivity contribution in [3.8, 4) is 0 Å². The van der Waals surface area contributed by atoms with Crippen LogP contribution in [-0.4, -0.2) is 51.5 Å². The van der Waals surface area contributed by atoms with E-state index in [2.05, 4.69) is 15.3 Å². The number of hydrogen-bond donors (Lipinski definition) is 1. The van der Waals surface area contributed by atoms with Gasteiger partial charge in [-0.15, -0.1) is 0 Å². The average Bonchev–Trinajstić information content (AvgIpc) is 2.78. The molecule has 0 aliphatic carbocycles. The topological polar surface area (TPSA) is 105 Å². The van der Waals surface area contributed by atoms with E-state index in [4.69, 9.17) is 0 Å². The van der Waals surface area contributed by atoms with Gasteiger partial charge in [0, 0.05) is 7.05 Å². The normalized spacial score (nSPS) is 11.7. The molecule has 0 bridgehead atoms. The molecule has 0 aliphatic rings. The van der Waals surface area contributed by atoms with Crippen molar-refractivity contribution in [2.45, 2.75) is 4.90 Å². The predicted octanol–water partition coefficient (Wildman–Crippen LogP) is 2.40. The fraction of sp³-hybridized carbons (Fsp3) is 0.136. The lowest BCUT2D eigenvalue weighted by Gasteiger charge is -2.16. The Balaban J connectivity index is 1.61. The second-order valence-electron chi connectivity index (χ2n) is 6.68. The van der Waals surface area contributed by atoms with Gasteiger partial charge in [0.05, 0.1) is 30.3 Å². The number of ether oxygens (including phenoxy) is 1. The van der Waals surface area contributed by atoms with Gasteiger partial charge in [-0.05, 0) is 40.6 Å². The Labute approximate surface area is 180 Å². The van der Waals surface area contributed by atoms with Crippen molar-refractivity contribution in [2.75, 3.05) is 20.7 Å². The van der Waals surface area contributed by atoms with E-state index in [9.17, 15) is 18.0 Å². The maximum absolute atomic E-state index is 12.8. The van der Waals surface area contributed by atoms with Gasteiger partial charge in [-0.1, -0.05) is 42.5 Å². The highest BCUT2D eigenvalue weighted by Crippen LogP contribution is 2.21. The molecule has 0 aromatic heterocycles. The third kappa shape index (κ3) is 5.33. The number of hydrazone groups is 1. The van der Waals surface area contributed by atoms with Crippen molar-refractivity contribution in [1.82, 2.24) is 9.73 Å². The molecule has 0 aliphatic heterocycles. The summed E-state index contributed by atoms with van der Waals surface area (Å²) < 4.78 is 31.2. The molecule has 0 saturated heterocycles. The first-order chi connectivity index (χ1) is 14.8. The fourth-order valence-electron chi connectivity index (χ4n) is 2.83. The van der Waals surface area contributed by atoms with Gasteiger partial charge in [0.15, 0.2) is 0 Å². The van der Waals surface area contributed by atoms with Crippen LogP contribution in [0, 0.1) is 0 Å². The van der Waals surface area contributed by atoms with E-state index in [0.29, 0.717) is 11.1 Å². The molecule has 0 unspecified atom stereocenters. The predicted molar refractivity (Wildman–Crippen MR) is 117 cm³/mol. The van der Waals surface area contributed by atoms with Crippen molar-refractivity contribution in [2.24, 2.45) is 5.10 Å². The summed E-state index contributed by atoms with van der Waals surface area (Å²) in [4.78, 5) is 23.6. The Morgan fingerprint density at radius 3 is 2.39 bits per heavy atom. The molecule has 3 rings (SSSR count). The minimum atomic E-state index is -3.84. The molecule has 0 heterocycles. The summed E-state index contributed by atoms with van der Waals surface area (Å²) >= 11 is 0. The van der Waals surface area contributed by atoms with Crippen molar-refractivity contribution in [1.29, 1.82) is 0 Å². The smallest absolute Gasteiger partial charge is 0.337 e. The lowest BCUT2D eigenvalue weighted by molar-refractivity contribution is -0.121. The molecule has 3 aromatic rings. The maximum Gasteiger partial charge on any atom is 0.337 e. The summed E-state index contributed by atoms with van der Waals surface area (Å²) in [5.74, 6) is -1.04. The molecule has 3 aromatic carbocycles. The number of fused-ring (bicyclic) bond motifs is 1. The summed E-state index contributed by atoms with van der Waals surface area (Å²) in [5.41, 5.74) is 3.33. The Morgan fingerprint density at radius 2 is 1.71 bits per heavy atom. The molecule has 31 heavy (non-hydrogen) atoms. The molecule has 0 saturated carbocycles. The summed E-state index contributed by atoms with van der Waals surface area (Å²) in [5, 5.41) is 5.55. The molecule has 8 nitrogen and oxygen atoms in total. The number of carbonyl (C=O) groups excluding carboxylic acids is 2. The number of rotatable bonds is 7. The van der Waals surface area contributed by atoms with Crippen LogP contribution < -0.4 is 5.43 Å². The highest BCUT2D eigenvalue weighted by atomic mass is 32.2. The van der Waals surface area contributed by atoms with E-state index in [-0.39, 0.29) is 4.90 Å². The van der Waals surface area contributed by atoms with Crippen LogP contribution in [0.25, 0.3) is 10.8 Å². The van der Waals surface area contributed by atoms with Gasteiger partial charge in [0.1, 0.15) is 0 Å². The highest BCUT2D eigenvalue weighted by Gasteiger charge is 2.23. The zero-order chi connectivity index (χ0) is 22.4. The molecule has 0 atom stereocenters. The molecule has 0 spiro atoms. The van der Waals surface area contributed by atoms with Gasteiger partial charge in [0.25, 0.3) is 5.91 Å². The minimum Gasteiger partial charge on any atom is -0.465 e. The molecule has 9 heteroatoms. The minimum absolute atomic E-state index is 0.107. The van der Waals surface area contributed by atoms with Gasteiger partial charge in [0.2, 0.25) is 10.0 Å². The van der Waals surface area contributed by atoms with Crippen LogP contribution >= 0.6 is 0 Å². The number of methoxy groups -OCH3 is 1. The van der Waals surface area contributed by atoms with Crippen molar-refractivity contribution in [3.05, 3.63) is 77.9 Å². The van der Waals surface area contributed by atoms with Crippen LogP contribution in [-0.2, 0) is 19.6 Å². The Kier molecular flexibility index (Phi) is 6.78. The maximum atomic E-state index is 12.8.